The highest BCUT2D eigenvalue weighted by molar-refractivity contribution is 5.86. The molecule has 1 aromatic carbocycles. The number of halogens is 1. The first-order valence-corrected chi connectivity index (χ1v) is 5.12. The van der Waals surface area contributed by atoms with Crippen LogP contribution in [0.4, 0.5) is 5.82 Å². The Kier molecular flexibility index (Phi) is 4.10. The smallest absolute Gasteiger partial charge is 0.140 e. The quantitative estimate of drug-likeness (QED) is 0.624. The Bertz CT molecular complexity index is 497. The van der Waals surface area contributed by atoms with Crippen LogP contribution in [0.3, 0.4) is 0 Å². The third kappa shape index (κ3) is 2.10. The maximum Gasteiger partial charge on any atom is 0.140 e. The molecule has 0 saturated heterocycles. The van der Waals surface area contributed by atoms with E-state index in [4.69, 9.17) is 5.84 Å². The number of aryl methyl sites for hydroxylation is 2. The highest BCUT2D eigenvalue weighted by atomic mass is 35.5. The van der Waals surface area contributed by atoms with Crippen molar-refractivity contribution in [3.05, 3.63) is 35.4 Å². The van der Waals surface area contributed by atoms with Gasteiger partial charge in [-0.25, -0.2) is 10.8 Å². The van der Waals surface area contributed by atoms with Gasteiger partial charge < -0.3 is 5.43 Å². The minimum atomic E-state index is 0. The van der Waals surface area contributed by atoms with Crippen molar-refractivity contribution in [2.45, 2.75) is 20.3 Å². The molecule has 0 aliphatic rings. The molecule has 0 bridgehead atoms. The van der Waals surface area contributed by atoms with E-state index in [1.54, 1.807) is 0 Å². The molecule has 0 fully saturated rings. The molecule has 2 aromatic rings. The van der Waals surface area contributed by atoms with E-state index in [0.717, 1.165) is 17.8 Å². The van der Waals surface area contributed by atoms with Gasteiger partial charge >= 0.3 is 0 Å². The summed E-state index contributed by atoms with van der Waals surface area (Å²) in [5.74, 6) is 6.11. The summed E-state index contributed by atoms with van der Waals surface area (Å²) in [6.45, 7) is 4.21. The number of rotatable bonds is 2. The molecule has 3 N–H and O–H groups in total. The molecular formula is C12H16ClN3. The second kappa shape index (κ2) is 5.14. The molecule has 0 aliphatic heterocycles. The first kappa shape index (κ1) is 12.7. The molecule has 1 heterocycles. The highest BCUT2D eigenvalue weighted by Gasteiger charge is 2.04. The highest BCUT2D eigenvalue weighted by Crippen LogP contribution is 2.23. The lowest BCUT2D eigenvalue weighted by atomic mass is 10.0. The Morgan fingerprint density at radius 2 is 2.12 bits per heavy atom. The standard InChI is InChI=1S/C12H15N3.ClH/c1-3-9-5-4-6-10-8(2)7-11(15-13)14-12(9)10;/h4-7H,3,13H2,1-2H3,(H,14,15);1H. The maximum absolute atomic E-state index is 5.39. The van der Waals surface area contributed by atoms with Gasteiger partial charge in [-0.05, 0) is 30.5 Å². The summed E-state index contributed by atoms with van der Waals surface area (Å²) in [6, 6.07) is 8.24. The fourth-order valence-electron chi connectivity index (χ4n) is 1.84. The summed E-state index contributed by atoms with van der Waals surface area (Å²) >= 11 is 0. The fraction of sp³-hybridized carbons (Fsp3) is 0.250. The summed E-state index contributed by atoms with van der Waals surface area (Å²) in [6.07, 6.45) is 0.984. The monoisotopic (exact) mass is 237 g/mol. The van der Waals surface area contributed by atoms with Gasteiger partial charge in [-0.3, -0.25) is 0 Å². The third-order valence-electron chi connectivity index (χ3n) is 2.66. The van der Waals surface area contributed by atoms with E-state index in [1.165, 1.54) is 16.5 Å². The lowest BCUT2D eigenvalue weighted by Gasteiger charge is -2.08. The topological polar surface area (TPSA) is 50.9 Å². The van der Waals surface area contributed by atoms with Crippen molar-refractivity contribution in [3.8, 4) is 0 Å². The molecule has 86 valence electrons. The van der Waals surface area contributed by atoms with Gasteiger partial charge in [0.15, 0.2) is 0 Å². The number of fused-ring (bicyclic) bond motifs is 1. The molecule has 0 spiro atoms. The van der Waals surface area contributed by atoms with Gasteiger partial charge in [-0.15, -0.1) is 12.4 Å². The first-order chi connectivity index (χ1) is 7.26. The van der Waals surface area contributed by atoms with Crippen molar-refractivity contribution >= 4 is 29.1 Å². The molecule has 0 saturated carbocycles. The number of benzene rings is 1. The van der Waals surface area contributed by atoms with E-state index in [1.807, 2.05) is 6.07 Å². The Labute approximate surface area is 101 Å². The molecule has 0 radical (unpaired) electrons. The Morgan fingerprint density at radius 3 is 2.75 bits per heavy atom. The van der Waals surface area contributed by atoms with Crippen LogP contribution < -0.4 is 11.3 Å². The Morgan fingerprint density at radius 1 is 1.38 bits per heavy atom. The number of nitrogens with zero attached hydrogens (tertiary/aromatic N) is 1. The van der Waals surface area contributed by atoms with E-state index in [-0.39, 0.29) is 12.4 Å². The minimum absolute atomic E-state index is 0. The molecule has 0 aliphatic carbocycles. The number of anilines is 1. The molecule has 1 aromatic heterocycles. The molecule has 0 amide bonds. The largest absolute Gasteiger partial charge is 0.308 e. The summed E-state index contributed by atoms with van der Waals surface area (Å²) in [7, 11) is 0. The number of hydrazine groups is 1. The van der Waals surface area contributed by atoms with Crippen molar-refractivity contribution in [1.29, 1.82) is 0 Å². The van der Waals surface area contributed by atoms with Crippen molar-refractivity contribution in [2.75, 3.05) is 5.43 Å². The number of nitrogens with one attached hydrogen (secondary N) is 1. The number of pyridine rings is 1. The lowest BCUT2D eigenvalue weighted by molar-refractivity contribution is 1.14. The van der Waals surface area contributed by atoms with Crippen molar-refractivity contribution in [1.82, 2.24) is 4.98 Å². The van der Waals surface area contributed by atoms with Gasteiger partial charge in [-0.2, -0.15) is 0 Å². The number of hydrogen-bond donors (Lipinski definition) is 2. The average molecular weight is 238 g/mol. The van der Waals surface area contributed by atoms with Gasteiger partial charge in [-0.1, -0.05) is 25.1 Å². The molecule has 4 heteroatoms. The van der Waals surface area contributed by atoms with Crippen LogP contribution in [0.5, 0.6) is 0 Å². The van der Waals surface area contributed by atoms with Crippen LogP contribution in [-0.2, 0) is 6.42 Å². The van der Waals surface area contributed by atoms with E-state index in [2.05, 4.69) is 42.5 Å². The molecule has 0 unspecified atom stereocenters. The van der Waals surface area contributed by atoms with Crippen LogP contribution in [0.2, 0.25) is 0 Å². The zero-order valence-electron chi connectivity index (χ0n) is 9.45. The van der Waals surface area contributed by atoms with Crippen LogP contribution >= 0.6 is 12.4 Å². The number of para-hydroxylation sites is 1. The second-order valence-corrected chi connectivity index (χ2v) is 3.64. The SMILES string of the molecule is CCc1cccc2c(C)cc(NN)nc12.Cl. The maximum atomic E-state index is 5.39. The van der Waals surface area contributed by atoms with Crippen LogP contribution in [0.25, 0.3) is 10.9 Å². The Balaban J connectivity index is 0.00000128. The van der Waals surface area contributed by atoms with Crippen LogP contribution in [0, 0.1) is 6.92 Å². The summed E-state index contributed by atoms with van der Waals surface area (Å²) in [4.78, 5) is 4.49. The summed E-state index contributed by atoms with van der Waals surface area (Å²) in [5, 5.41) is 1.20. The number of aromatic nitrogens is 1. The van der Waals surface area contributed by atoms with Crippen molar-refractivity contribution < 1.29 is 0 Å². The fourth-order valence-corrected chi connectivity index (χ4v) is 1.84. The van der Waals surface area contributed by atoms with E-state index in [0.29, 0.717) is 0 Å². The lowest BCUT2D eigenvalue weighted by Crippen LogP contribution is -2.09. The first-order valence-electron chi connectivity index (χ1n) is 5.12. The van der Waals surface area contributed by atoms with Gasteiger partial charge in [0.1, 0.15) is 5.82 Å². The zero-order valence-corrected chi connectivity index (χ0v) is 10.3. The van der Waals surface area contributed by atoms with Gasteiger partial charge in [0, 0.05) is 5.39 Å². The Hall–Kier alpha value is -1.32. The van der Waals surface area contributed by atoms with Crippen LogP contribution in [0.1, 0.15) is 18.1 Å². The molecule has 2 rings (SSSR count). The average Bonchev–Trinajstić information content (AvgIpc) is 2.28. The molecular weight excluding hydrogens is 222 g/mol. The van der Waals surface area contributed by atoms with E-state index < -0.39 is 0 Å². The van der Waals surface area contributed by atoms with Gasteiger partial charge in [0.25, 0.3) is 0 Å². The van der Waals surface area contributed by atoms with Gasteiger partial charge in [0.2, 0.25) is 0 Å². The number of nitrogen functional groups attached to an aromatic ring is 1. The molecule has 16 heavy (non-hydrogen) atoms. The van der Waals surface area contributed by atoms with Crippen molar-refractivity contribution in [2.24, 2.45) is 5.84 Å². The van der Waals surface area contributed by atoms with Crippen LogP contribution in [0.15, 0.2) is 24.3 Å². The van der Waals surface area contributed by atoms with Crippen molar-refractivity contribution in [3.63, 3.8) is 0 Å². The third-order valence-corrected chi connectivity index (χ3v) is 2.66. The normalized spacial score (nSPS) is 9.94. The number of nitrogens with two attached hydrogens (primary N) is 1. The molecule has 3 nitrogen and oxygen atoms in total. The van der Waals surface area contributed by atoms with E-state index >= 15 is 0 Å². The van der Waals surface area contributed by atoms with E-state index in [9.17, 15) is 0 Å². The van der Waals surface area contributed by atoms with Gasteiger partial charge in [0.05, 0.1) is 5.52 Å². The summed E-state index contributed by atoms with van der Waals surface area (Å²) in [5.41, 5.74) is 6.10. The van der Waals surface area contributed by atoms with Crippen LogP contribution in [-0.4, -0.2) is 4.98 Å². The predicted octanol–water partition coefficient (Wildman–Crippen LogP) is 2.81. The summed E-state index contributed by atoms with van der Waals surface area (Å²) < 4.78 is 0. The second-order valence-electron chi connectivity index (χ2n) is 3.64. The zero-order chi connectivity index (χ0) is 10.8. The predicted molar refractivity (Wildman–Crippen MR) is 70.9 cm³/mol. The molecule has 0 atom stereocenters. The minimum Gasteiger partial charge on any atom is -0.308 e. The number of hydrogen-bond acceptors (Lipinski definition) is 3.